The Morgan fingerprint density at radius 1 is 1.29 bits per heavy atom. The second-order valence-electron chi connectivity index (χ2n) is 4.08. The maximum atomic E-state index is 5.86. The molecule has 90 valence electrons. The number of benzene rings is 1. The summed E-state index contributed by atoms with van der Waals surface area (Å²) < 4.78 is 2.84. The molecule has 0 amide bonds. The number of aryl methyl sites for hydroxylation is 1. The van der Waals surface area contributed by atoms with Crippen LogP contribution in [-0.2, 0) is 13.0 Å². The number of nitrogens with one attached hydrogen (secondary N) is 1. The van der Waals surface area contributed by atoms with Gasteiger partial charge < -0.3 is 5.10 Å². The van der Waals surface area contributed by atoms with Crippen LogP contribution < -0.4 is 0 Å². The first-order valence-electron chi connectivity index (χ1n) is 5.72. The summed E-state index contributed by atoms with van der Waals surface area (Å²) in [6, 6.07) is 9.87. The fourth-order valence-corrected chi connectivity index (χ4v) is 2.15. The van der Waals surface area contributed by atoms with Gasteiger partial charge in [0.1, 0.15) is 4.64 Å². The van der Waals surface area contributed by atoms with Crippen LogP contribution in [0.25, 0.3) is 0 Å². The number of hydrogen-bond donors (Lipinski definition) is 1. The predicted octanol–water partition coefficient (Wildman–Crippen LogP) is 4.20. The van der Waals surface area contributed by atoms with E-state index >= 15 is 0 Å². The zero-order chi connectivity index (χ0) is 12.3. The lowest BCUT2D eigenvalue weighted by molar-refractivity contribution is 0.660. The molecule has 0 atom stereocenters. The maximum Gasteiger partial charge on any atom is 0.122 e. The number of aromatic nitrogens is 2. The van der Waals surface area contributed by atoms with E-state index in [1.807, 2.05) is 35.0 Å². The van der Waals surface area contributed by atoms with Crippen LogP contribution in [-0.4, -0.2) is 9.78 Å². The molecule has 0 saturated heterocycles. The minimum Gasteiger partial charge on any atom is -0.301 e. The first-order chi connectivity index (χ1) is 8.19. The van der Waals surface area contributed by atoms with Gasteiger partial charge in [0.25, 0.3) is 0 Å². The van der Waals surface area contributed by atoms with E-state index in [9.17, 15) is 0 Å². The maximum absolute atomic E-state index is 5.86. The molecule has 0 fully saturated rings. The van der Waals surface area contributed by atoms with Crippen molar-refractivity contribution in [2.24, 2.45) is 0 Å². The fraction of sp³-hybridized carbons (Fsp3) is 0.308. The molecule has 0 spiro atoms. The van der Waals surface area contributed by atoms with E-state index in [0.717, 1.165) is 29.0 Å². The first-order valence-corrected chi connectivity index (χ1v) is 6.51. The zero-order valence-corrected chi connectivity index (χ0v) is 11.3. The molecule has 0 radical (unpaired) electrons. The molecule has 0 bridgehead atoms. The van der Waals surface area contributed by atoms with Gasteiger partial charge in [-0.05, 0) is 30.2 Å². The van der Waals surface area contributed by atoms with E-state index in [2.05, 4.69) is 12.0 Å². The van der Waals surface area contributed by atoms with E-state index in [0.29, 0.717) is 0 Å². The van der Waals surface area contributed by atoms with E-state index in [4.69, 9.17) is 23.8 Å². The Morgan fingerprint density at radius 2 is 2.00 bits per heavy atom. The summed E-state index contributed by atoms with van der Waals surface area (Å²) in [7, 11) is 0. The molecule has 2 nitrogen and oxygen atoms in total. The molecule has 0 unspecified atom stereocenters. The minimum atomic E-state index is 0.760. The van der Waals surface area contributed by atoms with Crippen LogP contribution in [0, 0.1) is 4.64 Å². The molecule has 0 aliphatic carbocycles. The first kappa shape index (κ1) is 12.4. The minimum absolute atomic E-state index is 0.760. The number of rotatable bonds is 4. The van der Waals surface area contributed by atoms with Crippen molar-refractivity contribution in [2.45, 2.75) is 26.3 Å². The average molecular weight is 267 g/mol. The zero-order valence-electron chi connectivity index (χ0n) is 9.74. The quantitative estimate of drug-likeness (QED) is 0.823. The molecule has 2 aromatic rings. The summed E-state index contributed by atoms with van der Waals surface area (Å²) in [5.41, 5.74) is 2.39. The van der Waals surface area contributed by atoms with Gasteiger partial charge in [-0.15, -0.1) is 0 Å². The second-order valence-corrected chi connectivity index (χ2v) is 4.94. The summed E-state index contributed by atoms with van der Waals surface area (Å²) in [5.74, 6) is 0. The summed E-state index contributed by atoms with van der Waals surface area (Å²) in [5, 5.41) is 4.08. The Kier molecular flexibility index (Phi) is 4.02. The highest BCUT2D eigenvalue weighted by Gasteiger charge is 2.00. The van der Waals surface area contributed by atoms with Crippen LogP contribution in [0.4, 0.5) is 0 Å². The van der Waals surface area contributed by atoms with Crippen LogP contribution in [0.15, 0.2) is 30.3 Å². The predicted molar refractivity (Wildman–Crippen MR) is 74.2 cm³/mol. The molecule has 1 heterocycles. The van der Waals surface area contributed by atoms with Crippen LogP contribution in [0.3, 0.4) is 0 Å². The highest BCUT2D eigenvalue weighted by molar-refractivity contribution is 7.71. The summed E-state index contributed by atoms with van der Waals surface area (Å²) >= 11 is 11.2. The summed E-state index contributed by atoms with van der Waals surface area (Å²) in [6.45, 7) is 2.92. The SMILES string of the molecule is CCCc1cc(=S)n(Cc2ccc(Cl)cc2)[nH]1. The third-order valence-electron chi connectivity index (χ3n) is 2.62. The van der Waals surface area contributed by atoms with Crippen LogP contribution >= 0.6 is 23.8 Å². The number of H-pyrrole nitrogens is 1. The molecule has 1 aromatic carbocycles. The van der Waals surface area contributed by atoms with Gasteiger partial charge in [-0.1, -0.05) is 49.3 Å². The lowest BCUT2D eigenvalue weighted by Gasteiger charge is -2.03. The topological polar surface area (TPSA) is 20.7 Å². The molecule has 17 heavy (non-hydrogen) atoms. The fourth-order valence-electron chi connectivity index (χ4n) is 1.77. The molecule has 0 saturated carbocycles. The van der Waals surface area contributed by atoms with Crippen molar-refractivity contribution < 1.29 is 0 Å². The molecule has 0 aliphatic rings. The van der Waals surface area contributed by atoms with Crippen molar-refractivity contribution in [2.75, 3.05) is 0 Å². The lowest BCUT2D eigenvalue weighted by Crippen LogP contribution is -2.02. The van der Waals surface area contributed by atoms with E-state index < -0.39 is 0 Å². The van der Waals surface area contributed by atoms with E-state index in [1.165, 1.54) is 11.3 Å². The van der Waals surface area contributed by atoms with Gasteiger partial charge in [-0.3, -0.25) is 4.68 Å². The van der Waals surface area contributed by atoms with Crippen molar-refractivity contribution in [3.8, 4) is 0 Å². The standard InChI is InChI=1S/C13H15ClN2S/c1-2-3-12-8-13(17)16(15-12)9-10-4-6-11(14)7-5-10/h4-8,15H,2-3,9H2,1H3. The molecular formula is C13H15ClN2S. The van der Waals surface area contributed by atoms with Gasteiger partial charge in [-0.2, -0.15) is 0 Å². The number of halogens is 1. The Bertz CT molecular complexity index is 539. The van der Waals surface area contributed by atoms with Gasteiger partial charge in [-0.25, -0.2) is 0 Å². The molecule has 4 heteroatoms. The monoisotopic (exact) mass is 266 g/mol. The molecule has 2 rings (SSSR count). The number of aromatic amines is 1. The Morgan fingerprint density at radius 3 is 2.65 bits per heavy atom. The second kappa shape index (κ2) is 5.52. The van der Waals surface area contributed by atoms with Crippen molar-refractivity contribution >= 4 is 23.8 Å². The van der Waals surface area contributed by atoms with Gasteiger partial charge in [0.15, 0.2) is 0 Å². The van der Waals surface area contributed by atoms with Crippen molar-refractivity contribution in [1.29, 1.82) is 0 Å². The number of hydrogen-bond acceptors (Lipinski definition) is 1. The molecule has 0 aliphatic heterocycles. The third kappa shape index (κ3) is 3.20. The van der Waals surface area contributed by atoms with E-state index in [-0.39, 0.29) is 0 Å². The smallest absolute Gasteiger partial charge is 0.122 e. The van der Waals surface area contributed by atoms with E-state index in [1.54, 1.807) is 0 Å². The number of nitrogens with zero attached hydrogens (tertiary/aromatic N) is 1. The highest BCUT2D eigenvalue weighted by atomic mass is 35.5. The summed E-state index contributed by atoms with van der Waals surface area (Å²) in [4.78, 5) is 0. The van der Waals surface area contributed by atoms with Crippen LogP contribution in [0.2, 0.25) is 5.02 Å². The summed E-state index contributed by atoms with van der Waals surface area (Å²) in [6.07, 6.45) is 2.16. The van der Waals surface area contributed by atoms with Crippen LogP contribution in [0.1, 0.15) is 24.6 Å². The molecule has 1 N–H and O–H groups in total. The molecular weight excluding hydrogens is 252 g/mol. The van der Waals surface area contributed by atoms with Gasteiger partial charge in [0, 0.05) is 10.7 Å². The van der Waals surface area contributed by atoms with Gasteiger partial charge in [0.05, 0.1) is 6.54 Å². The normalized spacial score (nSPS) is 10.7. The third-order valence-corrected chi connectivity index (χ3v) is 3.21. The Hall–Kier alpha value is -1.06. The largest absolute Gasteiger partial charge is 0.301 e. The van der Waals surface area contributed by atoms with Crippen molar-refractivity contribution in [3.63, 3.8) is 0 Å². The van der Waals surface area contributed by atoms with Crippen LogP contribution in [0.5, 0.6) is 0 Å². The highest BCUT2D eigenvalue weighted by Crippen LogP contribution is 2.11. The average Bonchev–Trinajstić information content (AvgIpc) is 2.63. The van der Waals surface area contributed by atoms with Crippen molar-refractivity contribution in [1.82, 2.24) is 9.78 Å². The Balaban J connectivity index is 2.18. The lowest BCUT2D eigenvalue weighted by atomic mass is 10.2. The Labute approximate surface area is 111 Å². The van der Waals surface area contributed by atoms with Crippen molar-refractivity contribution in [3.05, 3.63) is 51.3 Å². The van der Waals surface area contributed by atoms with Gasteiger partial charge >= 0.3 is 0 Å². The van der Waals surface area contributed by atoms with Gasteiger partial charge in [0.2, 0.25) is 0 Å². The molecule has 1 aromatic heterocycles.